The molecule has 6 nitrogen and oxygen atoms in total. The summed E-state index contributed by atoms with van der Waals surface area (Å²) in [5, 5.41) is 7.27. The number of halogens is 1. The molecule has 1 rings (SSSR count). The lowest BCUT2D eigenvalue weighted by atomic mass is 10.2. The molecule has 0 bridgehead atoms. The van der Waals surface area contributed by atoms with E-state index in [4.69, 9.17) is 4.52 Å². The number of nitrogens with zero attached hydrogens (tertiary/aromatic N) is 4. The molecule has 1 heterocycles. The fraction of sp³-hybridized carbons (Fsp3) is 0.688. The number of rotatable bonds is 9. The van der Waals surface area contributed by atoms with Crippen LogP contribution in [0.1, 0.15) is 51.2 Å². The maximum atomic E-state index is 5.23. The molecule has 1 N–H and O–H groups in total. The van der Waals surface area contributed by atoms with E-state index in [2.05, 4.69) is 38.9 Å². The molecule has 132 valence electrons. The number of aliphatic imine (C=N–C) groups is 1. The number of guanidine groups is 1. The Labute approximate surface area is 156 Å². The molecule has 23 heavy (non-hydrogen) atoms. The molecule has 1 aromatic heterocycles. The van der Waals surface area contributed by atoms with Crippen LogP contribution in [-0.4, -0.2) is 47.7 Å². The summed E-state index contributed by atoms with van der Waals surface area (Å²) in [7, 11) is 2.05. The smallest absolute Gasteiger partial charge is 0.228 e. The number of hydrogen-bond donors (Lipinski definition) is 1. The van der Waals surface area contributed by atoms with E-state index in [1.165, 1.54) is 0 Å². The molecule has 0 amide bonds. The van der Waals surface area contributed by atoms with Crippen molar-refractivity contribution in [2.75, 3.05) is 26.7 Å². The Balaban J connectivity index is 0.00000484. The summed E-state index contributed by atoms with van der Waals surface area (Å²) >= 11 is 0. The van der Waals surface area contributed by atoms with Gasteiger partial charge in [-0.3, -0.25) is 4.99 Å². The maximum absolute atomic E-state index is 5.23. The van der Waals surface area contributed by atoms with Crippen LogP contribution in [0.2, 0.25) is 0 Å². The average Bonchev–Trinajstić information content (AvgIpc) is 2.95. The third kappa shape index (κ3) is 8.34. The van der Waals surface area contributed by atoms with Crippen molar-refractivity contribution >= 4 is 29.9 Å². The summed E-state index contributed by atoms with van der Waals surface area (Å²) in [5.41, 5.74) is 0. The van der Waals surface area contributed by atoms with E-state index in [9.17, 15) is 0 Å². The quantitative estimate of drug-likeness (QED) is 0.212. The molecular formula is C16H30IN5O. The molecule has 0 aromatic carbocycles. The molecule has 0 spiro atoms. The van der Waals surface area contributed by atoms with E-state index in [1.807, 2.05) is 27.0 Å². The van der Waals surface area contributed by atoms with E-state index in [0.717, 1.165) is 37.7 Å². The van der Waals surface area contributed by atoms with Gasteiger partial charge in [-0.2, -0.15) is 4.98 Å². The van der Waals surface area contributed by atoms with Gasteiger partial charge in [-0.25, -0.2) is 0 Å². The predicted octanol–water partition coefficient (Wildman–Crippen LogP) is 3.22. The molecule has 1 aromatic rings. The highest BCUT2D eigenvalue weighted by Crippen LogP contribution is 2.09. The van der Waals surface area contributed by atoms with Gasteiger partial charge in [-0.05, 0) is 19.8 Å². The van der Waals surface area contributed by atoms with Gasteiger partial charge in [0.25, 0.3) is 0 Å². The lowest BCUT2D eigenvalue weighted by molar-refractivity contribution is 0.372. The number of unbranched alkanes of at least 4 members (excludes halogenated alkanes) is 1. The van der Waals surface area contributed by atoms with Crippen LogP contribution >= 0.6 is 24.0 Å². The van der Waals surface area contributed by atoms with Crippen LogP contribution < -0.4 is 5.32 Å². The molecule has 7 heteroatoms. The molecule has 0 radical (unpaired) electrons. The van der Waals surface area contributed by atoms with E-state index >= 15 is 0 Å². The Bertz CT molecular complexity index is 473. The van der Waals surface area contributed by atoms with Crippen molar-refractivity contribution in [2.24, 2.45) is 4.99 Å². The van der Waals surface area contributed by atoms with Crippen LogP contribution in [0.3, 0.4) is 0 Å². The zero-order valence-electron chi connectivity index (χ0n) is 14.7. The van der Waals surface area contributed by atoms with Gasteiger partial charge in [-0.15, -0.1) is 30.6 Å². The van der Waals surface area contributed by atoms with Crippen molar-refractivity contribution in [3.05, 3.63) is 24.4 Å². The molecule has 0 aliphatic rings. The van der Waals surface area contributed by atoms with Crippen LogP contribution in [0.5, 0.6) is 0 Å². The van der Waals surface area contributed by atoms with Gasteiger partial charge in [0.1, 0.15) is 0 Å². The SMILES string of the molecule is C=CCCCN(C)C(=NCCc1nc(C(C)C)no1)NCC.I. The van der Waals surface area contributed by atoms with E-state index in [1.54, 1.807) is 0 Å². The van der Waals surface area contributed by atoms with Gasteiger partial charge >= 0.3 is 0 Å². The van der Waals surface area contributed by atoms with Gasteiger partial charge in [-0.1, -0.05) is 25.1 Å². The Morgan fingerprint density at radius 2 is 2.22 bits per heavy atom. The highest BCUT2D eigenvalue weighted by Gasteiger charge is 2.09. The van der Waals surface area contributed by atoms with Gasteiger partial charge in [0, 0.05) is 32.5 Å². The largest absolute Gasteiger partial charge is 0.357 e. The van der Waals surface area contributed by atoms with Gasteiger partial charge in [0.05, 0.1) is 6.54 Å². The lowest BCUT2D eigenvalue weighted by Gasteiger charge is -2.21. The predicted molar refractivity (Wildman–Crippen MR) is 106 cm³/mol. The normalized spacial score (nSPS) is 11.3. The molecule has 0 atom stereocenters. The van der Waals surface area contributed by atoms with Crippen molar-refractivity contribution in [3.8, 4) is 0 Å². The first-order valence-electron chi connectivity index (χ1n) is 8.01. The van der Waals surface area contributed by atoms with Crippen molar-refractivity contribution in [2.45, 2.75) is 46.0 Å². The van der Waals surface area contributed by atoms with Crippen LogP contribution in [-0.2, 0) is 6.42 Å². The van der Waals surface area contributed by atoms with Crippen molar-refractivity contribution in [3.63, 3.8) is 0 Å². The number of aromatic nitrogens is 2. The van der Waals surface area contributed by atoms with Crippen LogP contribution in [0.4, 0.5) is 0 Å². The first-order valence-corrected chi connectivity index (χ1v) is 8.01. The Kier molecular flexibility index (Phi) is 11.7. The second kappa shape index (κ2) is 12.3. The summed E-state index contributed by atoms with van der Waals surface area (Å²) in [4.78, 5) is 11.1. The first-order chi connectivity index (χ1) is 10.6. The van der Waals surface area contributed by atoms with Crippen LogP contribution in [0.15, 0.2) is 22.2 Å². The highest BCUT2D eigenvalue weighted by molar-refractivity contribution is 14.0. The fourth-order valence-corrected chi connectivity index (χ4v) is 1.91. The average molecular weight is 435 g/mol. The van der Waals surface area contributed by atoms with Crippen LogP contribution in [0, 0.1) is 0 Å². The zero-order chi connectivity index (χ0) is 16.4. The molecule has 0 unspecified atom stereocenters. The summed E-state index contributed by atoms with van der Waals surface area (Å²) in [6, 6.07) is 0. The monoisotopic (exact) mass is 435 g/mol. The maximum Gasteiger partial charge on any atom is 0.228 e. The van der Waals surface area contributed by atoms with Crippen molar-refractivity contribution < 1.29 is 4.52 Å². The molecule has 0 fully saturated rings. The van der Waals surface area contributed by atoms with E-state index in [0.29, 0.717) is 18.9 Å². The third-order valence-electron chi connectivity index (χ3n) is 3.19. The Hall–Kier alpha value is -1.12. The van der Waals surface area contributed by atoms with E-state index in [-0.39, 0.29) is 29.9 Å². The highest BCUT2D eigenvalue weighted by atomic mass is 127. The summed E-state index contributed by atoms with van der Waals surface area (Å²) in [6.07, 6.45) is 4.70. The van der Waals surface area contributed by atoms with E-state index < -0.39 is 0 Å². The summed E-state index contributed by atoms with van der Waals surface area (Å²) < 4.78 is 5.23. The van der Waals surface area contributed by atoms with Crippen LogP contribution in [0.25, 0.3) is 0 Å². The van der Waals surface area contributed by atoms with Gasteiger partial charge in [0.2, 0.25) is 5.89 Å². The minimum absolute atomic E-state index is 0. The minimum Gasteiger partial charge on any atom is -0.357 e. The topological polar surface area (TPSA) is 66.5 Å². The molecular weight excluding hydrogens is 405 g/mol. The Morgan fingerprint density at radius 1 is 1.48 bits per heavy atom. The summed E-state index contributed by atoms with van der Waals surface area (Å²) in [6.45, 7) is 12.4. The van der Waals surface area contributed by atoms with Crippen molar-refractivity contribution in [1.82, 2.24) is 20.4 Å². The lowest BCUT2D eigenvalue weighted by Crippen LogP contribution is -2.39. The Morgan fingerprint density at radius 3 is 2.78 bits per heavy atom. The number of hydrogen-bond acceptors (Lipinski definition) is 4. The molecule has 0 aliphatic carbocycles. The second-order valence-electron chi connectivity index (χ2n) is 5.54. The molecule has 0 aliphatic heterocycles. The van der Waals surface area contributed by atoms with Gasteiger partial charge in [0.15, 0.2) is 11.8 Å². The zero-order valence-corrected chi connectivity index (χ0v) is 17.0. The second-order valence-corrected chi connectivity index (χ2v) is 5.54. The van der Waals surface area contributed by atoms with Gasteiger partial charge < -0.3 is 14.7 Å². The standard InChI is InChI=1S/C16H29N5O.HI/c1-6-8-9-12-21(5)16(17-7-2)18-11-10-14-19-15(13(3)4)20-22-14;/h6,13H,1,7-12H2,2-5H3,(H,17,18);1H. The fourth-order valence-electron chi connectivity index (χ4n) is 1.91. The minimum atomic E-state index is 0. The number of allylic oxidation sites excluding steroid dienone is 1. The molecule has 0 saturated carbocycles. The first kappa shape index (κ1) is 21.9. The van der Waals surface area contributed by atoms with Crippen molar-refractivity contribution in [1.29, 1.82) is 0 Å². The third-order valence-corrected chi connectivity index (χ3v) is 3.19. The summed E-state index contributed by atoms with van der Waals surface area (Å²) in [5.74, 6) is 2.61. The molecule has 0 saturated heterocycles. The number of nitrogens with one attached hydrogen (secondary N) is 1.